The normalized spacial score (nSPS) is 30.6. The third-order valence-corrected chi connectivity index (χ3v) is 8.13. The first-order chi connectivity index (χ1) is 17.4. The van der Waals surface area contributed by atoms with Crippen molar-refractivity contribution in [3.8, 4) is 11.5 Å². The molecule has 1 saturated heterocycles. The molecule has 9 heteroatoms. The second kappa shape index (κ2) is 8.55. The van der Waals surface area contributed by atoms with Gasteiger partial charge < -0.3 is 29.7 Å². The molecule has 2 aromatic carbocycles. The molecule has 3 aromatic rings. The number of aliphatic hydroxyl groups excluding tert-OH is 1. The van der Waals surface area contributed by atoms with Gasteiger partial charge in [-0.25, -0.2) is 0 Å². The lowest BCUT2D eigenvalue weighted by molar-refractivity contribution is -0.155. The third kappa shape index (κ3) is 3.10. The van der Waals surface area contributed by atoms with Gasteiger partial charge in [0.2, 0.25) is 5.91 Å². The van der Waals surface area contributed by atoms with Gasteiger partial charge >= 0.3 is 0 Å². The van der Waals surface area contributed by atoms with Crippen LogP contribution in [0.15, 0.2) is 71.5 Å². The zero-order chi connectivity index (χ0) is 25.1. The fraction of sp³-hybridized carbons (Fsp3) is 0.333. The number of nitrogens with one attached hydrogen (secondary N) is 1. The van der Waals surface area contributed by atoms with Gasteiger partial charge in [0, 0.05) is 10.4 Å². The van der Waals surface area contributed by atoms with Gasteiger partial charge in [0.15, 0.2) is 11.2 Å². The maximum absolute atomic E-state index is 13.8. The topological polar surface area (TPSA) is 110 Å². The van der Waals surface area contributed by atoms with Crippen molar-refractivity contribution in [2.75, 3.05) is 20.3 Å². The number of aliphatic hydroxyl groups is 2. The van der Waals surface area contributed by atoms with Crippen molar-refractivity contribution in [1.29, 1.82) is 0 Å². The minimum atomic E-state index is -2.02. The molecule has 8 nitrogen and oxygen atoms in total. The van der Waals surface area contributed by atoms with Crippen LogP contribution in [0.25, 0.3) is 0 Å². The van der Waals surface area contributed by atoms with Crippen molar-refractivity contribution in [2.45, 2.75) is 29.3 Å². The molecular formula is C27H25BrN2O6. The van der Waals surface area contributed by atoms with Crippen molar-refractivity contribution >= 4 is 21.8 Å². The molecule has 1 saturated carbocycles. The summed E-state index contributed by atoms with van der Waals surface area (Å²) in [4.78, 5) is 18.0. The SMILES string of the molecule is COc1cncc2c1[C@]1(O)[C@H](O)[C@H](C(=O)NC3COC3)[C@@H](c3ccccc3)[C@]1(c1ccc(Br)cc1)O2. The summed E-state index contributed by atoms with van der Waals surface area (Å²) in [7, 11) is 1.47. The van der Waals surface area contributed by atoms with Gasteiger partial charge in [-0.15, -0.1) is 0 Å². The van der Waals surface area contributed by atoms with E-state index in [4.69, 9.17) is 14.2 Å². The Kier molecular flexibility index (Phi) is 5.56. The number of hydrogen-bond acceptors (Lipinski definition) is 7. The number of pyridine rings is 1. The zero-order valence-corrected chi connectivity index (χ0v) is 21.0. The van der Waals surface area contributed by atoms with Gasteiger partial charge in [0.1, 0.15) is 17.6 Å². The first-order valence-electron chi connectivity index (χ1n) is 11.7. The van der Waals surface area contributed by atoms with Crippen LogP contribution in [0.4, 0.5) is 0 Å². The number of aromatic nitrogens is 1. The fourth-order valence-electron chi connectivity index (χ4n) is 6.00. The number of amides is 1. The van der Waals surface area contributed by atoms with Crippen molar-refractivity contribution < 1.29 is 29.2 Å². The van der Waals surface area contributed by atoms with Gasteiger partial charge in [-0.3, -0.25) is 9.78 Å². The number of halogens is 1. The van der Waals surface area contributed by atoms with Crippen molar-refractivity contribution in [3.63, 3.8) is 0 Å². The third-order valence-electron chi connectivity index (χ3n) is 7.60. The molecule has 3 N–H and O–H groups in total. The summed E-state index contributed by atoms with van der Waals surface area (Å²) < 4.78 is 18.3. The summed E-state index contributed by atoms with van der Waals surface area (Å²) in [6.07, 6.45) is 1.45. The van der Waals surface area contributed by atoms with Crippen molar-refractivity contribution in [1.82, 2.24) is 10.3 Å². The Labute approximate surface area is 216 Å². The van der Waals surface area contributed by atoms with E-state index in [1.54, 1.807) is 0 Å². The van der Waals surface area contributed by atoms with Crippen LogP contribution in [-0.2, 0) is 20.7 Å². The van der Waals surface area contributed by atoms with E-state index < -0.39 is 29.1 Å². The number of hydrogen-bond donors (Lipinski definition) is 3. The molecule has 3 aliphatic rings. The molecule has 0 spiro atoms. The maximum atomic E-state index is 13.8. The van der Waals surface area contributed by atoms with Gasteiger partial charge in [0.25, 0.3) is 0 Å². The second-order valence-electron chi connectivity index (χ2n) is 9.43. The molecule has 1 aromatic heterocycles. The van der Waals surface area contributed by atoms with E-state index in [0.717, 1.165) is 10.0 Å². The number of methoxy groups -OCH3 is 1. The summed E-state index contributed by atoms with van der Waals surface area (Å²) in [5.74, 6) is -1.59. The first kappa shape index (κ1) is 23.4. The smallest absolute Gasteiger partial charge is 0.227 e. The molecule has 186 valence electrons. The van der Waals surface area contributed by atoms with Gasteiger partial charge in [-0.2, -0.15) is 0 Å². The van der Waals surface area contributed by atoms with Gasteiger partial charge in [-0.05, 0) is 23.3 Å². The molecule has 1 aliphatic carbocycles. The second-order valence-corrected chi connectivity index (χ2v) is 10.3. The standard InChI is InChI=1S/C27H25BrN2O6/c1-34-19-11-29-12-20-23(19)26(33)24(31)21(25(32)30-18-13-35-14-18)22(15-5-3-2-4-6-15)27(26,36-20)16-7-9-17(28)10-8-16/h2-12,18,21-22,24,31,33H,13-14H2,1H3,(H,30,32)/t21-,22-,24-,26+,27+/m1/s1. The highest BCUT2D eigenvalue weighted by atomic mass is 79.9. The molecule has 36 heavy (non-hydrogen) atoms. The predicted octanol–water partition coefficient (Wildman–Crippen LogP) is 2.62. The van der Waals surface area contributed by atoms with Crippen LogP contribution in [0.2, 0.25) is 0 Å². The van der Waals surface area contributed by atoms with Crippen LogP contribution >= 0.6 is 15.9 Å². The fourth-order valence-corrected chi connectivity index (χ4v) is 6.27. The maximum Gasteiger partial charge on any atom is 0.227 e. The van der Waals surface area contributed by atoms with Crippen LogP contribution in [0.1, 0.15) is 22.6 Å². The number of nitrogens with zero attached hydrogens (tertiary/aromatic N) is 1. The van der Waals surface area contributed by atoms with E-state index >= 15 is 0 Å². The highest BCUT2D eigenvalue weighted by Gasteiger charge is 2.78. The van der Waals surface area contributed by atoms with Crippen LogP contribution < -0.4 is 14.8 Å². The Bertz CT molecular complexity index is 1300. The number of fused-ring (bicyclic) bond motifs is 3. The lowest BCUT2D eigenvalue weighted by Crippen LogP contribution is -2.53. The van der Waals surface area contributed by atoms with Gasteiger partial charge in [-0.1, -0.05) is 58.4 Å². The van der Waals surface area contributed by atoms with Crippen LogP contribution in [0.5, 0.6) is 11.5 Å². The Hall–Kier alpha value is -2.98. The molecule has 0 unspecified atom stereocenters. The Morgan fingerprint density at radius 2 is 1.86 bits per heavy atom. The lowest BCUT2D eigenvalue weighted by atomic mass is 9.70. The van der Waals surface area contributed by atoms with E-state index in [9.17, 15) is 15.0 Å². The summed E-state index contributed by atoms with van der Waals surface area (Å²) in [5, 5.41) is 27.6. The number of carbonyl (C=O) groups excluding carboxylic acids is 1. The number of rotatable bonds is 5. The van der Waals surface area contributed by atoms with E-state index in [2.05, 4.69) is 26.2 Å². The van der Waals surface area contributed by atoms with Crippen molar-refractivity contribution in [2.24, 2.45) is 5.92 Å². The first-order valence-corrected chi connectivity index (χ1v) is 12.5. The largest absolute Gasteiger partial charge is 0.495 e. The lowest BCUT2D eigenvalue weighted by Gasteiger charge is -2.40. The molecular weight excluding hydrogens is 528 g/mol. The van der Waals surface area contributed by atoms with Crippen LogP contribution in [0.3, 0.4) is 0 Å². The molecule has 0 bridgehead atoms. The summed E-state index contributed by atoms with van der Waals surface area (Å²) >= 11 is 3.48. The molecule has 2 fully saturated rings. The molecule has 2 aliphatic heterocycles. The quantitative estimate of drug-likeness (QED) is 0.446. The zero-order valence-electron chi connectivity index (χ0n) is 19.4. The minimum absolute atomic E-state index is 0.147. The highest BCUT2D eigenvalue weighted by Crippen LogP contribution is 2.69. The predicted molar refractivity (Wildman–Crippen MR) is 133 cm³/mol. The van der Waals surface area contributed by atoms with Crippen LogP contribution in [0, 0.1) is 5.92 Å². The number of benzene rings is 2. The molecule has 1 amide bonds. The summed E-state index contributed by atoms with van der Waals surface area (Å²) in [5.41, 5.74) is -1.94. The van der Waals surface area contributed by atoms with E-state index in [0.29, 0.717) is 24.5 Å². The minimum Gasteiger partial charge on any atom is -0.495 e. The van der Waals surface area contributed by atoms with Gasteiger partial charge in [0.05, 0.1) is 50.2 Å². The number of carbonyl (C=O) groups is 1. The van der Waals surface area contributed by atoms with E-state index in [1.165, 1.54) is 19.5 Å². The summed E-state index contributed by atoms with van der Waals surface area (Å²) in [6.45, 7) is 0.816. The molecule has 6 rings (SSSR count). The summed E-state index contributed by atoms with van der Waals surface area (Å²) in [6, 6.07) is 16.6. The highest BCUT2D eigenvalue weighted by molar-refractivity contribution is 9.10. The molecule has 5 atom stereocenters. The average molecular weight is 553 g/mol. The molecule has 3 heterocycles. The Balaban J connectivity index is 1.63. The number of ether oxygens (including phenoxy) is 3. The average Bonchev–Trinajstić information content (AvgIpc) is 3.25. The monoisotopic (exact) mass is 552 g/mol. The van der Waals surface area contributed by atoms with E-state index in [1.807, 2.05) is 54.6 Å². The van der Waals surface area contributed by atoms with E-state index in [-0.39, 0.29) is 23.3 Å². The van der Waals surface area contributed by atoms with Crippen molar-refractivity contribution in [3.05, 3.63) is 88.2 Å². The molecule has 0 radical (unpaired) electrons. The Morgan fingerprint density at radius 1 is 1.14 bits per heavy atom. The van der Waals surface area contributed by atoms with Crippen LogP contribution in [-0.4, -0.2) is 53.6 Å². The Morgan fingerprint density at radius 3 is 2.50 bits per heavy atom.